The Morgan fingerprint density at radius 3 is 2.56 bits per heavy atom. The van der Waals surface area contributed by atoms with Crippen molar-refractivity contribution >= 4 is 23.4 Å². The van der Waals surface area contributed by atoms with E-state index in [1.807, 2.05) is 63.2 Å². The molecule has 0 saturated carbocycles. The van der Waals surface area contributed by atoms with E-state index < -0.39 is 0 Å². The molecule has 1 heterocycles. The lowest BCUT2D eigenvalue weighted by Crippen LogP contribution is -2.23. The number of tetrazole rings is 1. The van der Waals surface area contributed by atoms with Gasteiger partial charge in [-0.3, -0.25) is 4.79 Å². The first-order chi connectivity index (χ1) is 13.0. The molecular formula is C19H21N5O2S. The summed E-state index contributed by atoms with van der Waals surface area (Å²) >= 11 is 1.29. The van der Waals surface area contributed by atoms with E-state index in [0.717, 1.165) is 22.5 Å². The van der Waals surface area contributed by atoms with E-state index in [0.29, 0.717) is 10.9 Å². The Labute approximate surface area is 162 Å². The first-order valence-corrected chi connectivity index (χ1v) is 9.33. The summed E-state index contributed by atoms with van der Waals surface area (Å²) in [5.74, 6) is 0.543. The molecule has 1 amide bonds. The topological polar surface area (TPSA) is 81.9 Å². The minimum absolute atomic E-state index is 0.116. The van der Waals surface area contributed by atoms with E-state index in [1.165, 1.54) is 11.8 Å². The number of nitrogens with one attached hydrogen (secondary N) is 1. The van der Waals surface area contributed by atoms with Crippen LogP contribution in [-0.2, 0) is 4.79 Å². The average molecular weight is 383 g/mol. The number of thioether (sulfide) groups is 1. The van der Waals surface area contributed by atoms with Crippen LogP contribution in [0.1, 0.15) is 18.1 Å². The molecule has 0 bridgehead atoms. The lowest BCUT2D eigenvalue weighted by molar-refractivity contribution is -0.115. The van der Waals surface area contributed by atoms with Crippen LogP contribution in [0.2, 0.25) is 0 Å². The maximum Gasteiger partial charge on any atom is 0.237 e. The molecule has 1 aromatic heterocycles. The summed E-state index contributed by atoms with van der Waals surface area (Å²) < 4.78 is 7.00. The predicted molar refractivity (Wildman–Crippen MR) is 106 cm³/mol. The third-order valence-corrected chi connectivity index (χ3v) is 5.01. The van der Waals surface area contributed by atoms with Crippen molar-refractivity contribution in [1.29, 1.82) is 0 Å². The standard InChI is InChI=1S/C19H21N5O2S/c1-12-5-8-15(9-6-12)20-18(25)14(3)27-19-21-22-23-24(19)16-11-13(2)7-10-17(16)26-4/h5-11,14H,1-4H3,(H,20,25)/t14-/m0/s1. The normalized spacial score (nSPS) is 11.9. The van der Waals surface area contributed by atoms with Gasteiger partial charge >= 0.3 is 0 Å². The van der Waals surface area contributed by atoms with Gasteiger partial charge in [-0.05, 0) is 61.0 Å². The average Bonchev–Trinajstić information content (AvgIpc) is 3.11. The Morgan fingerprint density at radius 1 is 1.15 bits per heavy atom. The molecule has 0 fully saturated rings. The van der Waals surface area contributed by atoms with E-state index in [-0.39, 0.29) is 11.2 Å². The summed E-state index contributed by atoms with van der Waals surface area (Å²) in [6, 6.07) is 13.4. The van der Waals surface area contributed by atoms with Crippen LogP contribution in [0.5, 0.6) is 5.75 Å². The van der Waals surface area contributed by atoms with E-state index in [1.54, 1.807) is 11.8 Å². The zero-order valence-electron chi connectivity index (χ0n) is 15.6. The molecule has 8 heteroatoms. The van der Waals surface area contributed by atoms with Gasteiger partial charge in [-0.1, -0.05) is 35.5 Å². The number of hydrogen-bond acceptors (Lipinski definition) is 6. The van der Waals surface area contributed by atoms with Crippen LogP contribution in [0.15, 0.2) is 47.6 Å². The molecule has 3 rings (SSSR count). The van der Waals surface area contributed by atoms with Crippen molar-refractivity contribution in [3.63, 3.8) is 0 Å². The second-order valence-corrected chi connectivity index (χ2v) is 7.47. The third-order valence-electron chi connectivity index (χ3n) is 3.97. The number of aromatic nitrogens is 4. The lowest BCUT2D eigenvalue weighted by atomic mass is 10.2. The van der Waals surface area contributed by atoms with Gasteiger partial charge in [0.25, 0.3) is 0 Å². The number of carbonyl (C=O) groups is 1. The van der Waals surface area contributed by atoms with Gasteiger partial charge in [-0.25, -0.2) is 0 Å². The Kier molecular flexibility index (Phi) is 5.75. The fraction of sp³-hybridized carbons (Fsp3) is 0.263. The summed E-state index contributed by atoms with van der Waals surface area (Å²) in [6.45, 7) is 5.81. The monoisotopic (exact) mass is 383 g/mol. The number of anilines is 1. The molecule has 2 aromatic carbocycles. The van der Waals surface area contributed by atoms with Crippen LogP contribution in [0.25, 0.3) is 5.69 Å². The van der Waals surface area contributed by atoms with Gasteiger partial charge in [0.05, 0.1) is 12.4 Å². The molecule has 1 N–H and O–H groups in total. The fourth-order valence-corrected chi connectivity index (χ4v) is 3.26. The van der Waals surface area contributed by atoms with Crippen LogP contribution in [0.3, 0.4) is 0 Å². The highest BCUT2D eigenvalue weighted by Gasteiger charge is 2.20. The minimum atomic E-state index is -0.383. The Morgan fingerprint density at radius 2 is 1.85 bits per heavy atom. The summed E-state index contributed by atoms with van der Waals surface area (Å²) in [4.78, 5) is 12.5. The Balaban J connectivity index is 1.77. The molecule has 0 aliphatic carbocycles. The van der Waals surface area contributed by atoms with Gasteiger partial charge in [0, 0.05) is 5.69 Å². The summed E-state index contributed by atoms with van der Waals surface area (Å²) in [7, 11) is 1.60. The number of ether oxygens (including phenoxy) is 1. The zero-order chi connectivity index (χ0) is 19.4. The van der Waals surface area contributed by atoms with E-state index >= 15 is 0 Å². The van der Waals surface area contributed by atoms with Crippen molar-refractivity contribution in [3.05, 3.63) is 53.6 Å². The molecule has 0 radical (unpaired) electrons. The van der Waals surface area contributed by atoms with Crippen molar-refractivity contribution in [2.24, 2.45) is 0 Å². The minimum Gasteiger partial charge on any atom is -0.494 e. The number of methoxy groups -OCH3 is 1. The Hall–Kier alpha value is -2.87. The summed E-state index contributed by atoms with van der Waals surface area (Å²) in [5.41, 5.74) is 3.69. The van der Waals surface area contributed by atoms with Gasteiger partial charge in [-0.2, -0.15) is 4.68 Å². The highest BCUT2D eigenvalue weighted by atomic mass is 32.2. The fourth-order valence-electron chi connectivity index (χ4n) is 2.46. The molecule has 0 saturated heterocycles. The van der Waals surface area contributed by atoms with Crippen LogP contribution >= 0.6 is 11.8 Å². The highest BCUT2D eigenvalue weighted by molar-refractivity contribution is 8.00. The van der Waals surface area contributed by atoms with Crippen molar-refractivity contribution in [3.8, 4) is 11.4 Å². The largest absolute Gasteiger partial charge is 0.494 e. The van der Waals surface area contributed by atoms with Gasteiger partial charge in [0.2, 0.25) is 11.1 Å². The maximum absolute atomic E-state index is 12.5. The number of hydrogen-bond donors (Lipinski definition) is 1. The van der Waals surface area contributed by atoms with Crippen molar-refractivity contribution in [2.45, 2.75) is 31.2 Å². The number of rotatable bonds is 6. The molecule has 1 atom stereocenters. The van der Waals surface area contributed by atoms with Crippen molar-refractivity contribution in [1.82, 2.24) is 20.2 Å². The molecule has 3 aromatic rings. The molecule has 140 valence electrons. The second-order valence-electron chi connectivity index (χ2n) is 6.16. The van der Waals surface area contributed by atoms with Crippen LogP contribution in [-0.4, -0.2) is 38.5 Å². The first kappa shape index (κ1) is 18.9. The quantitative estimate of drug-likeness (QED) is 0.657. The lowest BCUT2D eigenvalue weighted by Gasteiger charge is -2.13. The van der Waals surface area contributed by atoms with Crippen LogP contribution in [0, 0.1) is 13.8 Å². The molecular weight excluding hydrogens is 362 g/mol. The number of amides is 1. The predicted octanol–water partition coefficient (Wildman–Crippen LogP) is 3.41. The molecule has 0 aliphatic rings. The van der Waals surface area contributed by atoms with Gasteiger partial charge in [-0.15, -0.1) is 5.10 Å². The van der Waals surface area contributed by atoms with Gasteiger partial charge in [0.15, 0.2) is 0 Å². The molecule has 7 nitrogen and oxygen atoms in total. The second kappa shape index (κ2) is 8.22. The smallest absolute Gasteiger partial charge is 0.237 e. The summed E-state index contributed by atoms with van der Waals surface area (Å²) in [6.07, 6.45) is 0. The SMILES string of the molecule is COc1ccc(C)cc1-n1nnnc1S[C@@H](C)C(=O)Nc1ccc(C)cc1. The van der Waals surface area contributed by atoms with E-state index in [2.05, 4.69) is 20.8 Å². The number of carbonyl (C=O) groups excluding carboxylic acids is 1. The number of aryl methyl sites for hydroxylation is 2. The molecule has 0 spiro atoms. The third kappa shape index (κ3) is 4.46. The zero-order valence-corrected chi connectivity index (χ0v) is 16.4. The molecule has 0 unspecified atom stereocenters. The van der Waals surface area contributed by atoms with Gasteiger partial charge in [0.1, 0.15) is 11.4 Å². The Bertz CT molecular complexity index is 940. The maximum atomic E-state index is 12.5. The van der Waals surface area contributed by atoms with Crippen LogP contribution in [0.4, 0.5) is 5.69 Å². The van der Waals surface area contributed by atoms with Crippen LogP contribution < -0.4 is 10.1 Å². The van der Waals surface area contributed by atoms with Gasteiger partial charge < -0.3 is 10.1 Å². The van der Waals surface area contributed by atoms with E-state index in [9.17, 15) is 4.79 Å². The first-order valence-electron chi connectivity index (χ1n) is 8.45. The van der Waals surface area contributed by atoms with E-state index in [4.69, 9.17) is 4.74 Å². The summed E-state index contributed by atoms with van der Waals surface area (Å²) in [5, 5.41) is 14.9. The highest BCUT2D eigenvalue weighted by Crippen LogP contribution is 2.29. The van der Waals surface area contributed by atoms with Crippen molar-refractivity contribution < 1.29 is 9.53 Å². The number of nitrogens with zero attached hydrogens (tertiary/aromatic N) is 4. The molecule has 0 aliphatic heterocycles. The van der Waals surface area contributed by atoms with Crippen molar-refractivity contribution in [2.75, 3.05) is 12.4 Å². The number of benzene rings is 2. The molecule has 27 heavy (non-hydrogen) atoms.